The fraction of sp³-hybridized carbons (Fsp3) is 0.462. The van der Waals surface area contributed by atoms with Crippen molar-refractivity contribution in [2.75, 3.05) is 7.11 Å². The standard InChI is InChI=1S/C13H17BrN2O2.ClH/c1-8(16-12(17)13(15)5-6-13)9-3-4-11(18-2)10(14)7-9;/h3-4,7-8H,5-6,15H2,1-2H3,(H,16,17);1H. The zero-order chi connectivity index (χ0) is 13.3. The van der Waals surface area contributed by atoms with Crippen molar-refractivity contribution in [3.05, 3.63) is 28.2 Å². The Balaban J connectivity index is 0.00000180. The van der Waals surface area contributed by atoms with E-state index in [2.05, 4.69) is 21.2 Å². The molecule has 4 nitrogen and oxygen atoms in total. The lowest BCUT2D eigenvalue weighted by atomic mass is 10.1. The molecule has 0 saturated heterocycles. The van der Waals surface area contributed by atoms with E-state index >= 15 is 0 Å². The summed E-state index contributed by atoms with van der Waals surface area (Å²) in [5.74, 6) is 0.705. The van der Waals surface area contributed by atoms with Gasteiger partial charge in [0.1, 0.15) is 5.75 Å². The summed E-state index contributed by atoms with van der Waals surface area (Å²) in [5, 5.41) is 2.94. The van der Waals surface area contributed by atoms with Gasteiger partial charge >= 0.3 is 0 Å². The van der Waals surface area contributed by atoms with Crippen LogP contribution in [0.3, 0.4) is 0 Å². The highest BCUT2D eigenvalue weighted by atomic mass is 79.9. The maximum Gasteiger partial charge on any atom is 0.240 e. The lowest BCUT2D eigenvalue weighted by Crippen LogP contribution is -2.43. The van der Waals surface area contributed by atoms with E-state index in [1.165, 1.54) is 0 Å². The first-order valence-electron chi connectivity index (χ1n) is 5.89. The van der Waals surface area contributed by atoms with E-state index in [1.807, 2.05) is 25.1 Å². The summed E-state index contributed by atoms with van der Waals surface area (Å²) in [6, 6.07) is 5.68. The fourth-order valence-corrected chi connectivity index (χ4v) is 2.30. The van der Waals surface area contributed by atoms with E-state index in [1.54, 1.807) is 7.11 Å². The van der Waals surface area contributed by atoms with Crippen molar-refractivity contribution in [2.45, 2.75) is 31.3 Å². The van der Waals surface area contributed by atoms with Crippen molar-refractivity contribution in [3.63, 3.8) is 0 Å². The highest BCUT2D eigenvalue weighted by Crippen LogP contribution is 2.33. The molecule has 1 atom stereocenters. The highest BCUT2D eigenvalue weighted by Gasteiger charge is 2.46. The van der Waals surface area contributed by atoms with Crippen LogP contribution in [0, 0.1) is 0 Å². The van der Waals surface area contributed by atoms with Crippen LogP contribution in [0.2, 0.25) is 0 Å². The van der Waals surface area contributed by atoms with Gasteiger partial charge in [-0.2, -0.15) is 0 Å². The molecule has 0 radical (unpaired) electrons. The smallest absolute Gasteiger partial charge is 0.240 e. The number of hydrogen-bond donors (Lipinski definition) is 2. The summed E-state index contributed by atoms with van der Waals surface area (Å²) in [4.78, 5) is 11.8. The Kier molecular flexibility index (Phi) is 5.24. The number of nitrogens with one attached hydrogen (secondary N) is 1. The molecule has 1 aromatic rings. The third-order valence-corrected chi connectivity index (χ3v) is 3.88. The van der Waals surface area contributed by atoms with E-state index < -0.39 is 5.54 Å². The Morgan fingerprint density at radius 1 is 1.53 bits per heavy atom. The van der Waals surface area contributed by atoms with Crippen molar-refractivity contribution < 1.29 is 9.53 Å². The predicted octanol–water partition coefficient (Wildman–Crippen LogP) is 2.55. The minimum Gasteiger partial charge on any atom is -0.496 e. The number of carbonyl (C=O) groups excluding carboxylic acids is 1. The molecule has 1 unspecified atom stereocenters. The van der Waals surface area contributed by atoms with Gasteiger partial charge in [-0.05, 0) is 53.4 Å². The van der Waals surface area contributed by atoms with Crippen LogP contribution < -0.4 is 15.8 Å². The average molecular weight is 350 g/mol. The van der Waals surface area contributed by atoms with Gasteiger partial charge in [0.25, 0.3) is 0 Å². The molecule has 1 fully saturated rings. The van der Waals surface area contributed by atoms with Gasteiger partial charge in [0, 0.05) is 0 Å². The molecule has 3 N–H and O–H groups in total. The van der Waals surface area contributed by atoms with Gasteiger partial charge in [-0.25, -0.2) is 0 Å². The third kappa shape index (κ3) is 3.61. The Bertz CT molecular complexity index is 478. The fourth-order valence-electron chi connectivity index (χ4n) is 1.74. The number of benzene rings is 1. The molecule has 1 aliphatic rings. The maximum atomic E-state index is 11.8. The van der Waals surface area contributed by atoms with Crippen LogP contribution in [0.4, 0.5) is 0 Å². The van der Waals surface area contributed by atoms with E-state index in [4.69, 9.17) is 10.5 Å². The first kappa shape index (κ1) is 16.3. The van der Waals surface area contributed by atoms with E-state index in [9.17, 15) is 4.79 Å². The summed E-state index contributed by atoms with van der Waals surface area (Å²) >= 11 is 3.43. The quantitative estimate of drug-likeness (QED) is 0.878. The van der Waals surface area contributed by atoms with Crippen LogP contribution >= 0.6 is 28.3 Å². The van der Waals surface area contributed by atoms with Crippen LogP contribution in [0.1, 0.15) is 31.4 Å². The van der Waals surface area contributed by atoms with Crippen LogP contribution in [0.5, 0.6) is 5.75 Å². The van der Waals surface area contributed by atoms with Gasteiger partial charge in [0.15, 0.2) is 0 Å². The summed E-state index contributed by atoms with van der Waals surface area (Å²) in [5.41, 5.74) is 6.24. The molecule has 0 aliphatic heterocycles. The van der Waals surface area contributed by atoms with Gasteiger partial charge < -0.3 is 15.8 Å². The lowest BCUT2D eigenvalue weighted by Gasteiger charge is -2.18. The number of hydrogen-bond acceptors (Lipinski definition) is 3. The normalized spacial score (nSPS) is 17.1. The summed E-state index contributed by atoms with van der Waals surface area (Å²) < 4.78 is 6.04. The van der Waals surface area contributed by atoms with E-state index in [0.29, 0.717) is 0 Å². The molecule has 6 heteroatoms. The summed E-state index contributed by atoms with van der Waals surface area (Å²) in [6.45, 7) is 1.94. The molecule has 106 valence electrons. The van der Waals surface area contributed by atoms with Crippen LogP contribution in [-0.2, 0) is 4.79 Å². The van der Waals surface area contributed by atoms with E-state index in [0.717, 1.165) is 28.6 Å². The number of methoxy groups -OCH3 is 1. The van der Waals surface area contributed by atoms with Crippen molar-refractivity contribution in [2.24, 2.45) is 5.73 Å². The zero-order valence-corrected chi connectivity index (χ0v) is 13.3. The van der Waals surface area contributed by atoms with Crippen molar-refractivity contribution in [3.8, 4) is 5.75 Å². The second kappa shape index (κ2) is 6.11. The Morgan fingerprint density at radius 3 is 2.63 bits per heavy atom. The van der Waals surface area contributed by atoms with Gasteiger partial charge in [-0.3, -0.25) is 4.79 Å². The van der Waals surface area contributed by atoms with Crippen LogP contribution in [-0.4, -0.2) is 18.6 Å². The molecule has 1 amide bonds. The van der Waals surface area contributed by atoms with E-state index in [-0.39, 0.29) is 24.4 Å². The highest BCUT2D eigenvalue weighted by molar-refractivity contribution is 9.10. The minimum absolute atomic E-state index is 0. The van der Waals surface area contributed by atoms with Crippen molar-refractivity contribution in [1.29, 1.82) is 0 Å². The van der Waals surface area contributed by atoms with Crippen LogP contribution in [0.15, 0.2) is 22.7 Å². The second-order valence-corrected chi connectivity index (χ2v) is 5.60. The average Bonchev–Trinajstić information content (AvgIpc) is 3.08. The Labute approximate surface area is 127 Å². The predicted molar refractivity (Wildman–Crippen MR) is 80.7 cm³/mol. The number of amides is 1. The molecule has 0 heterocycles. The Hall–Kier alpha value is -0.780. The monoisotopic (exact) mass is 348 g/mol. The number of nitrogens with two attached hydrogens (primary N) is 1. The molecule has 19 heavy (non-hydrogen) atoms. The first-order valence-corrected chi connectivity index (χ1v) is 6.69. The van der Waals surface area contributed by atoms with Crippen LogP contribution in [0.25, 0.3) is 0 Å². The van der Waals surface area contributed by atoms with Crippen molar-refractivity contribution in [1.82, 2.24) is 5.32 Å². The second-order valence-electron chi connectivity index (χ2n) is 4.75. The van der Waals surface area contributed by atoms with Crippen molar-refractivity contribution >= 4 is 34.2 Å². The number of ether oxygens (including phenoxy) is 1. The Morgan fingerprint density at radius 2 is 2.16 bits per heavy atom. The molecule has 1 aromatic carbocycles. The molecule has 1 aliphatic carbocycles. The largest absolute Gasteiger partial charge is 0.496 e. The van der Waals surface area contributed by atoms with Gasteiger partial charge in [0.2, 0.25) is 5.91 Å². The summed E-state index contributed by atoms with van der Waals surface area (Å²) in [6.07, 6.45) is 1.55. The summed E-state index contributed by atoms with van der Waals surface area (Å²) in [7, 11) is 1.62. The lowest BCUT2D eigenvalue weighted by molar-refractivity contribution is -0.123. The molecule has 2 rings (SSSR count). The molecule has 1 saturated carbocycles. The number of rotatable bonds is 4. The molecule has 0 bridgehead atoms. The maximum absolute atomic E-state index is 11.8. The SMILES string of the molecule is COc1ccc(C(C)NC(=O)C2(N)CC2)cc1Br.Cl. The molecular weight excluding hydrogens is 332 g/mol. The third-order valence-electron chi connectivity index (χ3n) is 3.26. The molecule has 0 spiro atoms. The molecule has 0 aromatic heterocycles. The topological polar surface area (TPSA) is 64.3 Å². The number of halogens is 2. The first-order chi connectivity index (χ1) is 8.46. The minimum atomic E-state index is -0.627. The van der Waals surface area contributed by atoms with Gasteiger partial charge in [-0.1, -0.05) is 6.07 Å². The number of carbonyl (C=O) groups is 1. The van der Waals surface area contributed by atoms with Gasteiger partial charge in [-0.15, -0.1) is 12.4 Å². The van der Waals surface area contributed by atoms with Gasteiger partial charge in [0.05, 0.1) is 23.2 Å². The zero-order valence-electron chi connectivity index (χ0n) is 10.9. The molecular formula is C13H18BrClN2O2.